The van der Waals surface area contributed by atoms with Gasteiger partial charge in [-0.3, -0.25) is 0 Å². The number of rotatable bonds is 9. The first-order valence-corrected chi connectivity index (χ1v) is 7.68. The molecule has 0 aliphatic heterocycles. The van der Waals surface area contributed by atoms with Gasteiger partial charge in [-0.05, 0) is 37.5 Å². The molecule has 0 saturated heterocycles. The SMILES string of the molecule is CCCOc1cccc2c1ccn2CCCCCCO. The lowest BCUT2D eigenvalue weighted by atomic mass is 10.2. The first kappa shape index (κ1) is 14.9. The molecule has 0 unspecified atom stereocenters. The molecule has 0 amide bonds. The van der Waals surface area contributed by atoms with Crippen LogP contribution in [0, 0.1) is 0 Å². The van der Waals surface area contributed by atoms with E-state index in [0.717, 1.165) is 44.6 Å². The quantitative estimate of drug-likeness (QED) is 0.702. The van der Waals surface area contributed by atoms with Gasteiger partial charge < -0.3 is 14.4 Å². The van der Waals surface area contributed by atoms with E-state index < -0.39 is 0 Å². The van der Waals surface area contributed by atoms with Crippen molar-refractivity contribution in [1.82, 2.24) is 4.57 Å². The Morgan fingerprint density at radius 2 is 1.95 bits per heavy atom. The fraction of sp³-hybridized carbons (Fsp3) is 0.529. The number of hydrogen-bond donors (Lipinski definition) is 1. The summed E-state index contributed by atoms with van der Waals surface area (Å²) in [6.45, 7) is 4.24. The Bertz CT molecular complexity index is 519. The molecule has 110 valence electrons. The molecule has 0 radical (unpaired) electrons. The minimum absolute atomic E-state index is 0.310. The summed E-state index contributed by atoms with van der Waals surface area (Å²) in [4.78, 5) is 0. The first-order chi connectivity index (χ1) is 9.86. The van der Waals surface area contributed by atoms with Crippen LogP contribution in [-0.2, 0) is 6.54 Å². The Morgan fingerprint density at radius 1 is 1.10 bits per heavy atom. The summed E-state index contributed by atoms with van der Waals surface area (Å²) >= 11 is 0. The molecule has 0 bridgehead atoms. The van der Waals surface area contributed by atoms with Gasteiger partial charge in [-0.15, -0.1) is 0 Å². The number of nitrogens with zero attached hydrogens (tertiary/aromatic N) is 1. The zero-order valence-corrected chi connectivity index (χ0v) is 12.3. The number of aromatic nitrogens is 1. The summed E-state index contributed by atoms with van der Waals surface area (Å²) < 4.78 is 8.10. The first-order valence-electron chi connectivity index (χ1n) is 7.68. The van der Waals surface area contributed by atoms with Crippen LogP contribution < -0.4 is 4.74 Å². The molecular formula is C17H25NO2. The van der Waals surface area contributed by atoms with E-state index in [1.807, 2.05) is 6.07 Å². The minimum Gasteiger partial charge on any atom is -0.493 e. The minimum atomic E-state index is 0.310. The Labute approximate surface area is 121 Å². The fourth-order valence-electron chi connectivity index (χ4n) is 2.48. The van der Waals surface area contributed by atoms with Crippen molar-refractivity contribution in [3.05, 3.63) is 30.5 Å². The summed E-state index contributed by atoms with van der Waals surface area (Å²) in [5.74, 6) is 0.989. The Hall–Kier alpha value is -1.48. The van der Waals surface area contributed by atoms with Gasteiger partial charge in [0.05, 0.1) is 12.1 Å². The smallest absolute Gasteiger partial charge is 0.128 e. The number of fused-ring (bicyclic) bond motifs is 1. The van der Waals surface area contributed by atoms with Gasteiger partial charge in [0, 0.05) is 24.7 Å². The zero-order valence-electron chi connectivity index (χ0n) is 12.3. The normalized spacial score (nSPS) is 11.1. The van der Waals surface area contributed by atoms with Crippen LogP contribution >= 0.6 is 0 Å². The largest absolute Gasteiger partial charge is 0.493 e. The van der Waals surface area contributed by atoms with E-state index in [4.69, 9.17) is 9.84 Å². The summed E-state index contributed by atoms with van der Waals surface area (Å²) in [7, 11) is 0. The van der Waals surface area contributed by atoms with Crippen molar-refractivity contribution in [1.29, 1.82) is 0 Å². The average molecular weight is 275 g/mol. The highest BCUT2D eigenvalue weighted by Crippen LogP contribution is 2.27. The molecule has 2 rings (SSSR count). The molecule has 3 nitrogen and oxygen atoms in total. The highest BCUT2D eigenvalue weighted by Gasteiger charge is 2.06. The van der Waals surface area contributed by atoms with Crippen molar-refractivity contribution in [3.8, 4) is 5.75 Å². The van der Waals surface area contributed by atoms with Gasteiger partial charge in [0.2, 0.25) is 0 Å². The highest BCUT2D eigenvalue weighted by atomic mass is 16.5. The summed E-state index contributed by atoms with van der Waals surface area (Å²) in [5, 5.41) is 9.98. The van der Waals surface area contributed by atoms with E-state index in [1.54, 1.807) is 0 Å². The molecule has 2 aromatic rings. The second-order valence-corrected chi connectivity index (χ2v) is 5.18. The monoisotopic (exact) mass is 275 g/mol. The standard InChI is InChI=1S/C17H25NO2/c1-2-14-20-17-9-7-8-16-15(17)10-12-18(16)11-5-3-4-6-13-19/h7-10,12,19H,2-6,11,13-14H2,1H3. The number of aliphatic hydroxyl groups excluding tert-OH is 1. The van der Waals surface area contributed by atoms with Gasteiger partial charge in [-0.1, -0.05) is 25.8 Å². The van der Waals surface area contributed by atoms with Crippen LogP contribution in [0.3, 0.4) is 0 Å². The number of aliphatic hydroxyl groups is 1. The van der Waals surface area contributed by atoms with Crippen molar-refractivity contribution in [2.24, 2.45) is 0 Å². The molecular weight excluding hydrogens is 250 g/mol. The molecule has 0 saturated carbocycles. The van der Waals surface area contributed by atoms with Crippen LogP contribution in [0.15, 0.2) is 30.5 Å². The topological polar surface area (TPSA) is 34.4 Å². The van der Waals surface area contributed by atoms with Crippen molar-refractivity contribution in [3.63, 3.8) is 0 Å². The molecule has 3 heteroatoms. The molecule has 0 atom stereocenters. The number of aryl methyl sites for hydroxylation is 1. The average Bonchev–Trinajstić information content (AvgIpc) is 2.89. The maximum Gasteiger partial charge on any atom is 0.128 e. The van der Waals surface area contributed by atoms with Crippen LogP contribution in [0.25, 0.3) is 10.9 Å². The fourth-order valence-corrected chi connectivity index (χ4v) is 2.48. The number of hydrogen-bond acceptors (Lipinski definition) is 2. The molecule has 1 heterocycles. The van der Waals surface area contributed by atoms with Crippen molar-refractivity contribution >= 4 is 10.9 Å². The highest BCUT2D eigenvalue weighted by molar-refractivity contribution is 5.86. The number of ether oxygens (including phenoxy) is 1. The second kappa shape index (κ2) is 7.95. The van der Waals surface area contributed by atoms with E-state index in [-0.39, 0.29) is 0 Å². The number of unbranched alkanes of at least 4 members (excludes halogenated alkanes) is 3. The second-order valence-electron chi connectivity index (χ2n) is 5.18. The predicted octanol–water partition coefficient (Wildman–Crippen LogP) is 3.98. The molecule has 0 aliphatic rings. The molecule has 1 N–H and O–H groups in total. The van der Waals surface area contributed by atoms with Gasteiger partial charge >= 0.3 is 0 Å². The van der Waals surface area contributed by atoms with Crippen molar-refractivity contribution < 1.29 is 9.84 Å². The Balaban J connectivity index is 2.00. The molecule has 1 aromatic carbocycles. The van der Waals surface area contributed by atoms with Gasteiger partial charge in [0.15, 0.2) is 0 Å². The summed E-state index contributed by atoms with van der Waals surface area (Å²) in [5.41, 5.74) is 1.25. The molecule has 20 heavy (non-hydrogen) atoms. The third kappa shape index (κ3) is 3.76. The Morgan fingerprint density at radius 3 is 2.75 bits per heavy atom. The maximum atomic E-state index is 8.77. The summed E-state index contributed by atoms with van der Waals surface area (Å²) in [6, 6.07) is 8.41. The third-order valence-corrected chi connectivity index (χ3v) is 3.54. The molecule has 0 spiro atoms. The molecule has 0 aliphatic carbocycles. The van der Waals surface area contributed by atoms with Crippen LogP contribution in [-0.4, -0.2) is 22.9 Å². The van der Waals surface area contributed by atoms with Gasteiger partial charge in [-0.2, -0.15) is 0 Å². The lowest BCUT2D eigenvalue weighted by molar-refractivity contribution is 0.282. The van der Waals surface area contributed by atoms with Crippen LogP contribution in [0.4, 0.5) is 0 Å². The van der Waals surface area contributed by atoms with Crippen LogP contribution in [0.1, 0.15) is 39.0 Å². The van der Waals surface area contributed by atoms with E-state index >= 15 is 0 Å². The van der Waals surface area contributed by atoms with Gasteiger partial charge in [0.1, 0.15) is 5.75 Å². The van der Waals surface area contributed by atoms with Crippen molar-refractivity contribution in [2.75, 3.05) is 13.2 Å². The summed E-state index contributed by atoms with van der Waals surface area (Å²) in [6.07, 6.45) is 7.54. The van der Waals surface area contributed by atoms with E-state index in [2.05, 4.69) is 35.9 Å². The maximum absolute atomic E-state index is 8.77. The molecule has 1 aromatic heterocycles. The van der Waals surface area contributed by atoms with Gasteiger partial charge in [0.25, 0.3) is 0 Å². The van der Waals surface area contributed by atoms with E-state index in [9.17, 15) is 0 Å². The van der Waals surface area contributed by atoms with Crippen molar-refractivity contribution in [2.45, 2.75) is 45.6 Å². The lowest BCUT2D eigenvalue weighted by Gasteiger charge is -2.08. The third-order valence-electron chi connectivity index (χ3n) is 3.54. The van der Waals surface area contributed by atoms with E-state index in [1.165, 1.54) is 17.3 Å². The predicted molar refractivity (Wildman–Crippen MR) is 83.3 cm³/mol. The molecule has 0 fully saturated rings. The zero-order chi connectivity index (χ0) is 14.2. The van der Waals surface area contributed by atoms with E-state index in [0.29, 0.717) is 6.61 Å². The lowest BCUT2D eigenvalue weighted by Crippen LogP contribution is -1.98. The number of benzene rings is 1. The van der Waals surface area contributed by atoms with Gasteiger partial charge in [-0.25, -0.2) is 0 Å². The Kier molecular flexibility index (Phi) is 5.93. The van der Waals surface area contributed by atoms with Crippen LogP contribution in [0.2, 0.25) is 0 Å². The van der Waals surface area contributed by atoms with Crippen LogP contribution in [0.5, 0.6) is 5.75 Å².